The van der Waals surface area contributed by atoms with Crippen LogP contribution >= 0.6 is 11.6 Å². The Morgan fingerprint density at radius 2 is 1.25 bits per heavy atom. The van der Waals surface area contributed by atoms with E-state index in [1.54, 1.807) is 42.5 Å². The molecule has 40 heavy (non-hydrogen) atoms. The Kier molecular flexibility index (Phi) is 7.85. The molecule has 2 amide bonds. The maximum atomic E-state index is 14.2. The number of fused-ring (bicyclic) bond motifs is 1. The minimum atomic E-state index is -4.56. The van der Waals surface area contributed by atoms with Crippen LogP contribution in [0.1, 0.15) is 73.4 Å². The lowest BCUT2D eigenvalue weighted by atomic mass is 9.84. The van der Waals surface area contributed by atoms with E-state index in [9.17, 15) is 18.0 Å². The predicted octanol–water partition coefficient (Wildman–Crippen LogP) is 7.26. The van der Waals surface area contributed by atoms with Gasteiger partial charge in [-0.15, -0.1) is 4.41 Å². The van der Waals surface area contributed by atoms with Crippen LogP contribution in [-0.4, -0.2) is 24.6 Å². The van der Waals surface area contributed by atoms with Gasteiger partial charge in [-0.3, -0.25) is 9.59 Å². The molecule has 0 bridgehead atoms. The number of nitrogens with one attached hydrogen (secondary N) is 1. The third-order valence-corrected chi connectivity index (χ3v) is 8.60. The summed E-state index contributed by atoms with van der Waals surface area (Å²) in [4.78, 5) is 26.9. The Morgan fingerprint density at radius 1 is 0.700 bits per heavy atom. The van der Waals surface area contributed by atoms with E-state index >= 15 is 0 Å². The van der Waals surface area contributed by atoms with Gasteiger partial charge >= 0.3 is 0 Å². The van der Waals surface area contributed by atoms with Gasteiger partial charge in [-0.05, 0) is 69.8 Å². The van der Waals surface area contributed by atoms with E-state index in [1.807, 2.05) is 53.7 Å². The fourth-order valence-electron chi connectivity index (χ4n) is 4.47. The monoisotopic (exact) mass is 576 g/mol. The van der Waals surface area contributed by atoms with Gasteiger partial charge in [-0.25, -0.2) is 5.43 Å². The zero-order valence-electron chi connectivity index (χ0n) is 23.4. The molecule has 0 saturated carbocycles. The number of hydrogen-bond donors (Lipinski definition) is 1. The summed E-state index contributed by atoms with van der Waals surface area (Å²) in [6.07, 6.45) is 0. The fraction of sp³-hybridized carbons (Fsp3) is 0.250. The fourth-order valence-corrected chi connectivity index (χ4v) is 6.02. The number of rotatable bonds is 4. The van der Waals surface area contributed by atoms with Gasteiger partial charge in [0, 0.05) is 21.5 Å². The summed E-state index contributed by atoms with van der Waals surface area (Å²) >= 11 is 5.96. The number of carbonyl (C=O) groups is 2. The first kappa shape index (κ1) is 29.3. The maximum Gasteiger partial charge on any atom is 0.286 e. The molecule has 1 N–H and O–H groups in total. The number of hydrazine groups is 1. The topological polar surface area (TPSA) is 83.6 Å². The highest BCUT2D eigenvalue weighted by Gasteiger charge is 2.34. The van der Waals surface area contributed by atoms with Crippen molar-refractivity contribution in [3.8, 4) is 0 Å². The molecule has 8 heteroatoms. The van der Waals surface area contributed by atoms with Gasteiger partial charge in [0.1, 0.15) is 0 Å². The van der Waals surface area contributed by atoms with Gasteiger partial charge in [0.2, 0.25) is 0 Å². The molecule has 0 fully saturated rings. The molecule has 0 unspecified atom stereocenters. The van der Waals surface area contributed by atoms with E-state index in [2.05, 4.69) is 5.43 Å². The van der Waals surface area contributed by atoms with Crippen LogP contribution in [-0.2, 0) is 20.9 Å². The van der Waals surface area contributed by atoms with E-state index in [0.29, 0.717) is 14.8 Å². The highest BCUT2D eigenvalue weighted by Crippen LogP contribution is 2.34. The van der Waals surface area contributed by atoms with Gasteiger partial charge in [0.15, 0.2) is 0 Å². The standard InChI is InChI=1S/C32H33ClN2O4S/c1-31(2,3)23-17-13-22(14-18-23)30(37)35(34-29(36)21-15-19-24(33)20-16-21)40(38,39)28-12-8-9-25-26(28)10-7-11-27(25)32(4,5)6/h7-20H,1-6H3,(H,34,36). The summed E-state index contributed by atoms with van der Waals surface area (Å²) in [6.45, 7) is 12.3. The normalized spacial score (nSPS) is 12.3. The van der Waals surface area contributed by atoms with Gasteiger partial charge in [0.05, 0.1) is 4.90 Å². The van der Waals surface area contributed by atoms with E-state index < -0.39 is 21.8 Å². The highest BCUT2D eigenvalue weighted by molar-refractivity contribution is 7.89. The average molecular weight is 577 g/mol. The van der Waals surface area contributed by atoms with Crippen LogP contribution < -0.4 is 5.43 Å². The number of sulfonamides is 1. The van der Waals surface area contributed by atoms with Crippen molar-refractivity contribution in [1.29, 1.82) is 0 Å². The summed E-state index contributed by atoms with van der Waals surface area (Å²) in [7, 11) is -4.56. The summed E-state index contributed by atoms with van der Waals surface area (Å²) in [5.41, 5.74) is 4.14. The lowest BCUT2D eigenvalue weighted by Crippen LogP contribution is -2.49. The molecule has 0 aliphatic carbocycles. The zero-order chi connectivity index (χ0) is 29.5. The summed E-state index contributed by atoms with van der Waals surface area (Å²) in [5, 5.41) is 1.63. The van der Waals surface area contributed by atoms with Crippen molar-refractivity contribution in [2.45, 2.75) is 57.3 Å². The molecular weight excluding hydrogens is 544 g/mol. The number of amides is 2. The Morgan fingerprint density at radius 3 is 1.82 bits per heavy atom. The molecule has 0 spiro atoms. The minimum Gasteiger partial charge on any atom is -0.267 e. The number of benzene rings is 4. The molecular formula is C32H33ClN2O4S. The first-order valence-electron chi connectivity index (χ1n) is 12.9. The second-order valence-electron chi connectivity index (χ2n) is 11.8. The lowest BCUT2D eigenvalue weighted by Gasteiger charge is -2.26. The Labute approximate surface area is 241 Å². The van der Waals surface area contributed by atoms with Crippen molar-refractivity contribution in [3.63, 3.8) is 0 Å². The van der Waals surface area contributed by atoms with E-state index in [0.717, 1.165) is 16.5 Å². The third kappa shape index (κ3) is 5.91. The van der Waals surface area contributed by atoms with Crippen LogP contribution in [0.2, 0.25) is 5.02 Å². The molecule has 0 aromatic heterocycles. The first-order valence-corrected chi connectivity index (χ1v) is 14.7. The highest BCUT2D eigenvalue weighted by atomic mass is 35.5. The number of hydrogen-bond acceptors (Lipinski definition) is 4. The second kappa shape index (κ2) is 10.7. The van der Waals surface area contributed by atoms with Crippen LogP contribution in [0.4, 0.5) is 0 Å². The van der Waals surface area contributed by atoms with Crippen LogP contribution in [0.25, 0.3) is 10.8 Å². The van der Waals surface area contributed by atoms with Gasteiger partial charge in [-0.1, -0.05) is 95.6 Å². The van der Waals surface area contributed by atoms with E-state index in [1.165, 1.54) is 30.3 Å². The molecule has 0 heterocycles. The SMILES string of the molecule is CC(C)(C)c1ccc(C(=O)N(NC(=O)c2ccc(Cl)cc2)S(=O)(=O)c2cccc3c(C(C)(C)C)cccc23)cc1. The molecule has 0 saturated heterocycles. The molecule has 0 aliphatic heterocycles. The zero-order valence-corrected chi connectivity index (χ0v) is 25.0. The third-order valence-electron chi connectivity index (χ3n) is 6.70. The van der Waals surface area contributed by atoms with Crippen molar-refractivity contribution < 1.29 is 18.0 Å². The molecule has 0 radical (unpaired) electrons. The quantitative estimate of drug-likeness (QED) is 0.259. The Balaban J connectivity index is 1.86. The average Bonchev–Trinajstić information content (AvgIpc) is 2.89. The van der Waals surface area contributed by atoms with Crippen molar-refractivity contribution in [2.75, 3.05) is 0 Å². The Hall–Kier alpha value is -3.68. The van der Waals surface area contributed by atoms with Crippen LogP contribution in [0.3, 0.4) is 0 Å². The van der Waals surface area contributed by atoms with Crippen molar-refractivity contribution in [3.05, 3.63) is 112 Å². The van der Waals surface area contributed by atoms with E-state index in [-0.39, 0.29) is 26.9 Å². The van der Waals surface area contributed by atoms with Gasteiger partial charge < -0.3 is 0 Å². The number of nitrogens with zero attached hydrogens (tertiary/aromatic N) is 1. The second-order valence-corrected chi connectivity index (χ2v) is 13.9. The van der Waals surface area contributed by atoms with Crippen LogP contribution in [0.5, 0.6) is 0 Å². The van der Waals surface area contributed by atoms with Crippen LogP contribution in [0.15, 0.2) is 89.8 Å². The van der Waals surface area contributed by atoms with Crippen molar-refractivity contribution in [2.24, 2.45) is 0 Å². The van der Waals surface area contributed by atoms with Crippen LogP contribution in [0, 0.1) is 0 Å². The molecule has 4 aromatic carbocycles. The predicted molar refractivity (Wildman–Crippen MR) is 160 cm³/mol. The number of carbonyl (C=O) groups excluding carboxylic acids is 2. The van der Waals surface area contributed by atoms with Gasteiger partial charge in [0.25, 0.3) is 21.8 Å². The minimum absolute atomic E-state index is 0.0906. The van der Waals surface area contributed by atoms with Gasteiger partial charge in [-0.2, -0.15) is 8.42 Å². The lowest BCUT2D eigenvalue weighted by molar-refractivity contribution is 0.0724. The Bertz CT molecular complexity index is 1680. The summed E-state index contributed by atoms with van der Waals surface area (Å²) in [6, 6.07) is 23.1. The smallest absolute Gasteiger partial charge is 0.267 e. The summed E-state index contributed by atoms with van der Waals surface area (Å²) in [5.74, 6) is -1.65. The molecule has 4 rings (SSSR count). The van der Waals surface area contributed by atoms with E-state index in [4.69, 9.17) is 11.6 Å². The molecule has 0 aliphatic rings. The maximum absolute atomic E-state index is 14.2. The van der Waals surface area contributed by atoms with Crippen molar-refractivity contribution >= 4 is 44.2 Å². The first-order chi connectivity index (χ1) is 18.6. The van der Waals surface area contributed by atoms with Crippen molar-refractivity contribution in [1.82, 2.24) is 9.84 Å². The molecule has 6 nitrogen and oxygen atoms in total. The molecule has 0 atom stereocenters. The number of halogens is 1. The largest absolute Gasteiger partial charge is 0.286 e. The molecule has 208 valence electrons. The molecule has 4 aromatic rings. The summed E-state index contributed by atoms with van der Waals surface area (Å²) < 4.78 is 28.9.